The van der Waals surface area contributed by atoms with Crippen LogP contribution >= 0.6 is 21.6 Å². The van der Waals surface area contributed by atoms with Gasteiger partial charge in [0.05, 0.1) is 20.0 Å². The molecule has 0 unspecified atom stereocenters. The topological polar surface area (TPSA) is 25.6 Å². The first-order valence-electron chi connectivity index (χ1n) is 15.5. The molecule has 0 saturated heterocycles. The molecule has 5 aromatic rings. The zero-order valence-corrected chi connectivity index (χ0v) is 28.0. The van der Waals surface area contributed by atoms with Crippen molar-refractivity contribution in [2.45, 2.75) is 6.54 Å². The predicted molar refractivity (Wildman–Crippen MR) is 199 cm³/mol. The molecule has 232 valence electrons. The summed E-state index contributed by atoms with van der Waals surface area (Å²) in [6.07, 6.45) is 17.6. The average Bonchev–Trinajstić information content (AvgIpc) is 3.11. The molecule has 0 spiro atoms. The number of aromatic nitrogens is 1. The highest BCUT2D eigenvalue weighted by atomic mass is 33.1. The molecule has 0 bridgehead atoms. The summed E-state index contributed by atoms with van der Waals surface area (Å²) in [6, 6.07) is 31.9. The van der Waals surface area contributed by atoms with Gasteiger partial charge in [-0.2, -0.15) is 4.57 Å². The highest BCUT2D eigenvalue weighted by Gasteiger charge is 2.10. The van der Waals surface area contributed by atoms with Gasteiger partial charge in [0.2, 0.25) is 5.69 Å². The van der Waals surface area contributed by atoms with Crippen molar-refractivity contribution >= 4 is 61.4 Å². The van der Waals surface area contributed by atoms with Crippen molar-refractivity contribution < 1.29 is 14.0 Å². The lowest BCUT2D eigenvalue weighted by molar-refractivity contribution is -0.694. The number of aryl methyl sites for hydroxylation is 1. The Kier molecular flexibility index (Phi) is 10.8. The third kappa shape index (κ3) is 8.25. The number of rotatable bonds is 13. The number of benzene rings is 4. The molecule has 4 aromatic carbocycles. The first kappa shape index (κ1) is 31.6. The Morgan fingerprint density at radius 3 is 2.02 bits per heavy atom. The minimum atomic E-state index is 0.884. The van der Waals surface area contributed by atoms with Gasteiger partial charge in [-0.05, 0) is 93.4 Å². The first-order valence-corrected chi connectivity index (χ1v) is 18.0. The molecule has 2 heterocycles. The summed E-state index contributed by atoms with van der Waals surface area (Å²) in [5.74, 6) is 3.89. The Hall–Kier alpha value is -4.39. The van der Waals surface area contributed by atoms with Crippen LogP contribution in [0.4, 0.5) is 0 Å². The number of hydrogen-bond acceptors (Lipinski definition) is 5. The van der Waals surface area contributed by atoms with E-state index in [-0.39, 0.29) is 0 Å². The summed E-state index contributed by atoms with van der Waals surface area (Å²) in [6.45, 7) is 2.93. The number of fused-ring (bicyclic) bond motifs is 2. The number of pyridine rings is 1. The maximum atomic E-state index is 5.36. The molecule has 0 N–H and O–H groups in total. The van der Waals surface area contributed by atoms with Gasteiger partial charge in [-0.15, -0.1) is 0 Å². The monoisotopic (exact) mass is 643 g/mol. The fraction of sp³-hybridized carbons (Fsp3) is 0.175. The third-order valence-corrected chi connectivity index (χ3v) is 10.4. The molecule has 0 aliphatic carbocycles. The molecule has 1 aliphatic rings. The van der Waals surface area contributed by atoms with E-state index in [1.165, 1.54) is 44.1 Å². The van der Waals surface area contributed by atoms with Gasteiger partial charge in [-0.25, -0.2) is 0 Å². The van der Waals surface area contributed by atoms with Crippen LogP contribution in [0.5, 0.6) is 11.5 Å². The smallest absolute Gasteiger partial charge is 0.205 e. The van der Waals surface area contributed by atoms with E-state index in [0.29, 0.717) is 0 Å². The van der Waals surface area contributed by atoms with Crippen LogP contribution in [-0.2, 0) is 6.54 Å². The van der Waals surface area contributed by atoms with Gasteiger partial charge in [-0.3, -0.25) is 0 Å². The standard InChI is InChI=1S/C40H39N2O2S2/c1-43-39-19-15-33-27-31(9-13-35(33)29-39)11-17-37-7-3-5-21-41(37)23-25-45-46-26-24-42-22-6-4-8-38(42)18-12-32-10-14-36-30-40(44-2)20-16-34(36)28-32/h3-21,27-30H,22-26H2,1-2H3/q+1/b17-11+,18-12+. The van der Waals surface area contributed by atoms with Crippen LogP contribution in [0.25, 0.3) is 39.8 Å². The highest BCUT2D eigenvalue weighted by molar-refractivity contribution is 8.76. The summed E-state index contributed by atoms with van der Waals surface area (Å²) < 4.78 is 13.1. The molecular formula is C40H39N2O2S2+. The molecule has 6 heteroatoms. The van der Waals surface area contributed by atoms with Crippen molar-refractivity contribution in [1.82, 2.24) is 4.90 Å². The molecule has 0 radical (unpaired) electrons. The molecule has 0 amide bonds. The number of methoxy groups -OCH3 is 2. The molecule has 6 rings (SSSR count). The van der Waals surface area contributed by atoms with Gasteiger partial charge in [0.15, 0.2) is 12.7 Å². The zero-order valence-electron chi connectivity index (χ0n) is 26.3. The summed E-state index contributed by atoms with van der Waals surface area (Å²) in [7, 11) is 7.32. The second kappa shape index (κ2) is 15.7. The van der Waals surface area contributed by atoms with Gasteiger partial charge in [0, 0.05) is 42.7 Å². The van der Waals surface area contributed by atoms with Gasteiger partial charge < -0.3 is 14.4 Å². The van der Waals surface area contributed by atoms with E-state index in [9.17, 15) is 0 Å². The Balaban J connectivity index is 0.976. The molecular weight excluding hydrogens is 605 g/mol. The number of ether oxygens (including phenoxy) is 2. The molecule has 1 aromatic heterocycles. The maximum absolute atomic E-state index is 5.36. The van der Waals surface area contributed by atoms with Crippen molar-refractivity contribution in [3.05, 3.63) is 144 Å². The van der Waals surface area contributed by atoms with Crippen molar-refractivity contribution in [3.8, 4) is 11.5 Å². The normalized spacial score (nSPS) is 13.3. The third-order valence-electron chi connectivity index (χ3n) is 8.05. The van der Waals surface area contributed by atoms with Crippen LogP contribution in [0.15, 0.2) is 127 Å². The second-order valence-electron chi connectivity index (χ2n) is 11.0. The molecule has 0 saturated carbocycles. The lowest BCUT2D eigenvalue weighted by atomic mass is 10.1. The molecule has 46 heavy (non-hydrogen) atoms. The van der Waals surface area contributed by atoms with Gasteiger partial charge >= 0.3 is 0 Å². The van der Waals surface area contributed by atoms with Crippen LogP contribution in [0, 0.1) is 0 Å². The number of hydrogen-bond donors (Lipinski definition) is 0. The fourth-order valence-electron chi connectivity index (χ4n) is 5.50. The molecule has 0 fully saturated rings. The minimum absolute atomic E-state index is 0.884. The number of allylic oxidation sites excluding steroid dienone is 3. The van der Waals surface area contributed by atoms with Crippen LogP contribution in [-0.4, -0.2) is 43.7 Å². The van der Waals surface area contributed by atoms with Crippen molar-refractivity contribution in [2.24, 2.45) is 0 Å². The second-order valence-corrected chi connectivity index (χ2v) is 13.7. The summed E-state index contributed by atoms with van der Waals surface area (Å²) in [4.78, 5) is 2.45. The Morgan fingerprint density at radius 2 is 1.33 bits per heavy atom. The molecule has 1 aliphatic heterocycles. The SMILES string of the molecule is COc1ccc2cc(/C=C/C3=CC=CCN3CCSSCC[n+]3ccccc3/C=C/c3ccc4cc(OC)ccc4c3)ccc2c1. The summed E-state index contributed by atoms with van der Waals surface area (Å²) in [5, 5.41) is 4.80. The van der Waals surface area contributed by atoms with Gasteiger partial charge in [-0.1, -0.05) is 76.2 Å². The van der Waals surface area contributed by atoms with Crippen LogP contribution in [0.1, 0.15) is 16.8 Å². The minimum Gasteiger partial charge on any atom is -0.497 e. The average molecular weight is 644 g/mol. The van der Waals surface area contributed by atoms with E-state index >= 15 is 0 Å². The van der Waals surface area contributed by atoms with Crippen molar-refractivity contribution in [3.63, 3.8) is 0 Å². The maximum Gasteiger partial charge on any atom is 0.205 e. The van der Waals surface area contributed by atoms with E-state index in [4.69, 9.17) is 9.47 Å². The van der Waals surface area contributed by atoms with Gasteiger partial charge in [0.1, 0.15) is 11.5 Å². The quantitative estimate of drug-likeness (QED) is 0.0724. The Morgan fingerprint density at radius 1 is 0.696 bits per heavy atom. The van der Waals surface area contributed by atoms with E-state index in [1.807, 2.05) is 33.7 Å². The molecule has 4 nitrogen and oxygen atoms in total. The highest BCUT2D eigenvalue weighted by Crippen LogP contribution is 2.25. The largest absolute Gasteiger partial charge is 0.497 e. The van der Waals surface area contributed by atoms with Crippen LogP contribution in [0.3, 0.4) is 0 Å². The fourth-order valence-corrected chi connectivity index (χ4v) is 7.46. The van der Waals surface area contributed by atoms with Crippen LogP contribution in [0.2, 0.25) is 0 Å². The van der Waals surface area contributed by atoms with Crippen molar-refractivity contribution in [1.29, 1.82) is 0 Å². The lowest BCUT2D eigenvalue weighted by Gasteiger charge is -2.26. The van der Waals surface area contributed by atoms with Crippen LogP contribution < -0.4 is 14.0 Å². The van der Waals surface area contributed by atoms with Crippen molar-refractivity contribution in [2.75, 3.05) is 38.8 Å². The number of nitrogens with zero attached hydrogens (tertiary/aromatic N) is 2. The zero-order chi connectivity index (χ0) is 31.6. The Bertz CT molecular complexity index is 1930. The van der Waals surface area contributed by atoms with E-state index in [2.05, 4.69) is 137 Å². The van der Waals surface area contributed by atoms with Gasteiger partial charge in [0.25, 0.3) is 0 Å². The summed E-state index contributed by atoms with van der Waals surface area (Å²) in [5.41, 5.74) is 4.84. The summed E-state index contributed by atoms with van der Waals surface area (Å²) >= 11 is 0. The predicted octanol–water partition coefficient (Wildman–Crippen LogP) is 9.32. The van der Waals surface area contributed by atoms with E-state index in [0.717, 1.165) is 42.6 Å². The van der Waals surface area contributed by atoms with E-state index < -0.39 is 0 Å². The Labute approximate surface area is 280 Å². The lowest BCUT2D eigenvalue weighted by Crippen LogP contribution is -2.37. The molecule has 0 atom stereocenters. The first-order chi connectivity index (χ1) is 22.7. The van der Waals surface area contributed by atoms with E-state index in [1.54, 1.807) is 14.2 Å².